The second kappa shape index (κ2) is 47.5. The Morgan fingerprint density at radius 3 is 1.52 bits per heavy atom. The van der Waals surface area contributed by atoms with Crippen LogP contribution < -0.4 is 32.7 Å². The number of hydrogen-bond donors (Lipinski definition) is 13. The summed E-state index contributed by atoms with van der Waals surface area (Å²) in [7, 11) is 0. The Bertz CT molecular complexity index is 1030. The Morgan fingerprint density at radius 1 is 0.500 bits per heavy atom. The van der Waals surface area contributed by atoms with Crippen LogP contribution in [0.15, 0.2) is 0 Å². The Labute approximate surface area is 399 Å². The molecule has 0 aromatic carbocycles. The molecule has 18 nitrogen and oxygen atoms in total. The summed E-state index contributed by atoms with van der Waals surface area (Å²) in [5, 5.41) is 82.5. The molecule has 0 saturated heterocycles. The lowest BCUT2D eigenvalue weighted by atomic mass is 9.86. The van der Waals surface area contributed by atoms with E-state index in [-0.39, 0.29) is 44.9 Å². The Hall–Kier alpha value is -1.17. The van der Waals surface area contributed by atoms with Crippen LogP contribution in [0.25, 0.3) is 0 Å². The Balaban J connectivity index is 3.71. The van der Waals surface area contributed by atoms with Crippen molar-refractivity contribution in [1.82, 2.24) is 21.3 Å². The number of ether oxygens (including phenoxy) is 4. The molecule has 0 heterocycles. The van der Waals surface area contributed by atoms with E-state index >= 15 is 0 Å². The van der Waals surface area contributed by atoms with Crippen molar-refractivity contribution in [1.29, 1.82) is 0 Å². The zero-order valence-corrected chi connectivity index (χ0v) is 41.5. The van der Waals surface area contributed by atoms with E-state index in [2.05, 4.69) is 35.1 Å². The maximum absolute atomic E-state index is 12.1. The Morgan fingerprint density at radius 2 is 0.985 bits per heavy atom. The van der Waals surface area contributed by atoms with E-state index < -0.39 is 42.9 Å². The average Bonchev–Trinajstić information content (AvgIpc) is 3.29. The van der Waals surface area contributed by atoms with Crippen LogP contribution >= 0.6 is 0 Å². The molecule has 0 radical (unpaired) electrons. The van der Waals surface area contributed by atoms with Crippen LogP contribution in [0.1, 0.15) is 149 Å². The van der Waals surface area contributed by atoms with E-state index in [9.17, 15) is 40.5 Å². The van der Waals surface area contributed by atoms with Crippen molar-refractivity contribution < 1.29 is 59.5 Å². The van der Waals surface area contributed by atoms with Crippen LogP contribution in [0.4, 0.5) is 0 Å². The Kier molecular flexibility index (Phi) is 46.7. The minimum atomic E-state index is -1.17. The number of unbranched alkanes of at least 4 members (excludes halogenated alkanes) is 12. The number of nitrogens with two attached hydrogens (primary N) is 2. The van der Waals surface area contributed by atoms with Crippen molar-refractivity contribution in [3.05, 3.63) is 0 Å². The van der Waals surface area contributed by atoms with Gasteiger partial charge in [0.05, 0.1) is 77.7 Å². The third-order valence-electron chi connectivity index (χ3n) is 12.0. The number of carbonyl (C=O) groups excluding carboxylic acids is 1. The normalized spacial score (nSPS) is 15.7. The number of rotatable bonds is 52. The SMILES string of the molecule is CC(C)CCCCCCCCCCCCCCCC(=O)NCCOCCOCC(O)NCCOCCOCC(O)NCCNC(CO)C(O)CCC(CCCN)C(O)CCC(CO)C(N)O. The van der Waals surface area contributed by atoms with Gasteiger partial charge in [-0.05, 0) is 63.3 Å². The number of aliphatic hydroxyl groups is 7. The van der Waals surface area contributed by atoms with Gasteiger partial charge in [-0.1, -0.05) is 97.3 Å². The highest BCUT2D eigenvalue weighted by Gasteiger charge is 2.25. The van der Waals surface area contributed by atoms with E-state index in [1.807, 2.05) is 0 Å². The second-order valence-corrected chi connectivity index (χ2v) is 18.3. The molecular weight excluding hydrogens is 853 g/mol. The monoisotopic (exact) mass is 955 g/mol. The van der Waals surface area contributed by atoms with Crippen LogP contribution in [0.2, 0.25) is 0 Å². The van der Waals surface area contributed by atoms with Gasteiger partial charge in [0.25, 0.3) is 0 Å². The third-order valence-corrected chi connectivity index (χ3v) is 12.0. The van der Waals surface area contributed by atoms with Crippen molar-refractivity contribution in [3.63, 3.8) is 0 Å². The molecule has 396 valence electrons. The summed E-state index contributed by atoms with van der Waals surface area (Å²) in [4.78, 5) is 12.1. The average molecular weight is 955 g/mol. The van der Waals surface area contributed by atoms with Crippen molar-refractivity contribution in [2.24, 2.45) is 29.2 Å². The molecule has 0 saturated carbocycles. The number of hydrogen-bond acceptors (Lipinski definition) is 17. The molecule has 8 unspecified atom stereocenters. The van der Waals surface area contributed by atoms with Gasteiger partial charge in [0.15, 0.2) is 0 Å². The largest absolute Gasteiger partial charge is 0.396 e. The number of amides is 1. The van der Waals surface area contributed by atoms with E-state index in [4.69, 9.17) is 30.4 Å². The fourth-order valence-electron chi connectivity index (χ4n) is 7.68. The highest BCUT2D eigenvalue weighted by molar-refractivity contribution is 5.75. The van der Waals surface area contributed by atoms with Crippen LogP contribution in [-0.2, 0) is 23.7 Å². The molecule has 1 amide bonds. The maximum atomic E-state index is 12.1. The molecule has 8 atom stereocenters. The van der Waals surface area contributed by atoms with Crippen LogP contribution in [-0.4, -0.2) is 177 Å². The highest BCUT2D eigenvalue weighted by Crippen LogP contribution is 2.24. The summed E-state index contributed by atoms with van der Waals surface area (Å²) in [5.74, 6) is 0.238. The smallest absolute Gasteiger partial charge is 0.220 e. The summed E-state index contributed by atoms with van der Waals surface area (Å²) in [5.41, 5.74) is 11.2. The molecule has 0 aliphatic carbocycles. The van der Waals surface area contributed by atoms with E-state index in [0.29, 0.717) is 111 Å². The predicted molar refractivity (Wildman–Crippen MR) is 260 cm³/mol. The van der Waals surface area contributed by atoms with Crippen LogP contribution in [0, 0.1) is 17.8 Å². The second-order valence-electron chi connectivity index (χ2n) is 18.3. The lowest BCUT2D eigenvalue weighted by Crippen LogP contribution is -2.47. The van der Waals surface area contributed by atoms with Crippen molar-refractivity contribution >= 4 is 5.91 Å². The van der Waals surface area contributed by atoms with Gasteiger partial charge < -0.3 is 76.8 Å². The molecule has 0 aromatic rings. The molecule has 0 aliphatic heterocycles. The van der Waals surface area contributed by atoms with Gasteiger partial charge in [-0.2, -0.15) is 0 Å². The fourth-order valence-corrected chi connectivity index (χ4v) is 7.68. The molecule has 18 heteroatoms. The van der Waals surface area contributed by atoms with Crippen molar-refractivity contribution in [2.45, 2.75) is 186 Å². The molecule has 0 fully saturated rings. The zero-order chi connectivity index (χ0) is 48.9. The van der Waals surface area contributed by atoms with Gasteiger partial charge in [0.2, 0.25) is 5.91 Å². The first kappa shape index (κ1) is 64.8. The molecular formula is C48H102N6O12. The predicted octanol–water partition coefficient (Wildman–Crippen LogP) is 1.97. The number of carbonyl (C=O) groups is 1. The molecule has 0 rings (SSSR count). The molecule has 0 aromatic heterocycles. The number of aliphatic hydroxyl groups excluding tert-OH is 7. The molecule has 0 spiro atoms. The summed E-state index contributed by atoms with van der Waals surface area (Å²) in [6.07, 6.45) is 17.1. The molecule has 15 N–H and O–H groups in total. The summed E-state index contributed by atoms with van der Waals surface area (Å²) >= 11 is 0. The highest BCUT2D eigenvalue weighted by atomic mass is 16.5. The topological polar surface area (TPSA) is 296 Å². The van der Waals surface area contributed by atoms with E-state index in [1.165, 1.54) is 77.0 Å². The first-order valence-corrected chi connectivity index (χ1v) is 25.8. The van der Waals surface area contributed by atoms with Gasteiger partial charge in [-0.3, -0.25) is 15.4 Å². The molecule has 66 heavy (non-hydrogen) atoms. The number of nitrogens with one attached hydrogen (secondary N) is 4. The molecule has 0 bridgehead atoms. The lowest BCUT2D eigenvalue weighted by Gasteiger charge is -2.28. The quantitative estimate of drug-likeness (QED) is 0.0306. The first-order chi connectivity index (χ1) is 31.9. The summed E-state index contributed by atoms with van der Waals surface area (Å²) in [6, 6.07) is -0.598. The minimum Gasteiger partial charge on any atom is -0.396 e. The summed E-state index contributed by atoms with van der Waals surface area (Å²) < 4.78 is 21.9. The van der Waals surface area contributed by atoms with Crippen LogP contribution in [0.5, 0.6) is 0 Å². The summed E-state index contributed by atoms with van der Waals surface area (Å²) in [6.45, 7) is 8.26. The standard InChI is InChI=1S/C48H102N6O12/c1-39(2)17-14-12-10-8-6-4-3-5-7-9-11-13-15-19-45(59)53-27-29-63-31-34-66-38-47(61)54-28-30-64-32-33-65-37-46(60)52-26-25-51-42(36-56)44(58)23-20-40(18-16-24-49)43(57)22-21-41(35-55)48(50)62/h39-44,46-48,51-52,54-58,60-62H,3-38,49-50H2,1-2H3,(H,53,59). The van der Waals surface area contributed by atoms with E-state index in [1.54, 1.807) is 0 Å². The van der Waals surface area contributed by atoms with Crippen molar-refractivity contribution in [3.8, 4) is 0 Å². The molecule has 0 aliphatic rings. The van der Waals surface area contributed by atoms with Gasteiger partial charge in [-0.25, -0.2) is 0 Å². The van der Waals surface area contributed by atoms with E-state index in [0.717, 1.165) is 18.8 Å². The van der Waals surface area contributed by atoms with Crippen LogP contribution in [0.3, 0.4) is 0 Å². The third kappa shape index (κ3) is 41.8. The minimum absolute atomic E-state index is 0.0389. The first-order valence-electron chi connectivity index (χ1n) is 25.8. The fraction of sp³-hybridized carbons (Fsp3) is 0.979. The van der Waals surface area contributed by atoms with Gasteiger partial charge in [0, 0.05) is 45.1 Å². The maximum Gasteiger partial charge on any atom is 0.220 e. The zero-order valence-electron chi connectivity index (χ0n) is 41.5. The van der Waals surface area contributed by atoms with Gasteiger partial charge in [-0.15, -0.1) is 0 Å². The van der Waals surface area contributed by atoms with Crippen molar-refractivity contribution in [2.75, 3.05) is 98.8 Å². The van der Waals surface area contributed by atoms with Gasteiger partial charge >= 0.3 is 0 Å². The van der Waals surface area contributed by atoms with Gasteiger partial charge in [0.1, 0.15) is 18.7 Å². The lowest BCUT2D eigenvalue weighted by molar-refractivity contribution is -0.121.